The van der Waals surface area contributed by atoms with Gasteiger partial charge in [-0.1, -0.05) is 20.8 Å². The van der Waals surface area contributed by atoms with E-state index in [0.29, 0.717) is 19.8 Å². The predicted octanol–water partition coefficient (Wildman–Crippen LogP) is 0.152. The van der Waals surface area contributed by atoms with Crippen LogP contribution in [0.2, 0.25) is 0 Å². The first-order valence-corrected chi connectivity index (χ1v) is 6.07. The molecule has 100 valence electrons. The molecule has 1 rings (SSSR count). The second-order valence-corrected chi connectivity index (χ2v) is 5.42. The number of hydrogen-bond donors (Lipinski definition) is 2. The molecule has 1 saturated heterocycles. The molecule has 0 aliphatic carbocycles. The van der Waals surface area contributed by atoms with Crippen LogP contribution in [-0.2, 0) is 14.3 Å². The van der Waals surface area contributed by atoms with Crippen molar-refractivity contribution in [2.24, 2.45) is 5.41 Å². The summed E-state index contributed by atoms with van der Waals surface area (Å²) in [6, 6.07) is -0.235. The molecule has 2 unspecified atom stereocenters. The summed E-state index contributed by atoms with van der Waals surface area (Å²) < 4.78 is 10.6. The van der Waals surface area contributed by atoms with Crippen molar-refractivity contribution >= 4 is 5.91 Å². The molecular formula is C12H24N2O3. The van der Waals surface area contributed by atoms with Gasteiger partial charge < -0.3 is 20.1 Å². The number of methoxy groups -OCH3 is 1. The summed E-state index contributed by atoms with van der Waals surface area (Å²) in [4.78, 5) is 11.8. The first kappa shape index (κ1) is 14.4. The van der Waals surface area contributed by atoms with E-state index in [-0.39, 0.29) is 23.5 Å². The highest BCUT2D eigenvalue weighted by atomic mass is 16.5. The molecule has 1 aliphatic heterocycles. The third-order valence-electron chi connectivity index (χ3n) is 2.95. The summed E-state index contributed by atoms with van der Waals surface area (Å²) in [6.07, 6.45) is 0.0101. The van der Waals surface area contributed by atoms with E-state index in [2.05, 4.69) is 31.4 Å². The van der Waals surface area contributed by atoms with Crippen LogP contribution in [-0.4, -0.2) is 51.5 Å². The Hall–Kier alpha value is -0.650. The zero-order chi connectivity index (χ0) is 12.9. The predicted molar refractivity (Wildman–Crippen MR) is 65.9 cm³/mol. The van der Waals surface area contributed by atoms with E-state index >= 15 is 0 Å². The summed E-state index contributed by atoms with van der Waals surface area (Å²) in [5.74, 6) is -0.0176. The number of carbonyl (C=O) groups is 1. The highest BCUT2D eigenvalue weighted by Gasteiger charge is 2.27. The molecule has 2 N–H and O–H groups in total. The molecular weight excluding hydrogens is 220 g/mol. The van der Waals surface area contributed by atoms with E-state index in [0.717, 1.165) is 6.54 Å². The van der Waals surface area contributed by atoms with Crippen LogP contribution < -0.4 is 10.6 Å². The Labute approximate surface area is 103 Å². The number of nitrogens with one attached hydrogen (secondary N) is 2. The molecule has 5 nitrogen and oxygen atoms in total. The molecule has 2 atom stereocenters. The number of rotatable bonds is 4. The van der Waals surface area contributed by atoms with Crippen molar-refractivity contribution in [3.8, 4) is 0 Å². The lowest BCUT2D eigenvalue weighted by Gasteiger charge is -2.30. The van der Waals surface area contributed by atoms with Crippen molar-refractivity contribution in [2.75, 3.05) is 33.4 Å². The summed E-state index contributed by atoms with van der Waals surface area (Å²) in [7, 11) is 1.67. The van der Waals surface area contributed by atoms with E-state index in [1.54, 1.807) is 7.11 Å². The quantitative estimate of drug-likeness (QED) is 0.739. The molecule has 1 amide bonds. The van der Waals surface area contributed by atoms with E-state index in [1.807, 2.05) is 0 Å². The molecule has 0 aromatic rings. The molecule has 1 aliphatic rings. The molecule has 5 heteroatoms. The van der Waals surface area contributed by atoms with Gasteiger partial charge in [0.05, 0.1) is 19.3 Å². The van der Waals surface area contributed by atoms with E-state index in [4.69, 9.17) is 9.47 Å². The topological polar surface area (TPSA) is 59.6 Å². The minimum Gasteiger partial charge on any atom is -0.379 e. The maximum Gasteiger partial charge on any atom is 0.239 e. The minimum absolute atomic E-state index is 0.0101. The summed E-state index contributed by atoms with van der Waals surface area (Å²) in [6.45, 7) is 8.65. The van der Waals surface area contributed by atoms with Crippen molar-refractivity contribution in [1.82, 2.24) is 10.6 Å². The number of morpholine rings is 1. The van der Waals surface area contributed by atoms with Gasteiger partial charge in [-0.3, -0.25) is 4.79 Å². The lowest BCUT2D eigenvalue weighted by Crippen LogP contribution is -2.53. The number of amides is 1. The van der Waals surface area contributed by atoms with Gasteiger partial charge in [0, 0.05) is 20.2 Å². The highest BCUT2D eigenvalue weighted by Crippen LogP contribution is 2.20. The summed E-state index contributed by atoms with van der Waals surface area (Å²) in [5, 5.41) is 6.02. The first-order valence-electron chi connectivity index (χ1n) is 6.07. The van der Waals surface area contributed by atoms with Crippen LogP contribution in [0.25, 0.3) is 0 Å². The maximum atomic E-state index is 11.8. The van der Waals surface area contributed by atoms with Crippen LogP contribution in [0, 0.1) is 5.41 Å². The second-order valence-electron chi connectivity index (χ2n) is 5.42. The maximum absolute atomic E-state index is 11.8. The fraction of sp³-hybridized carbons (Fsp3) is 0.917. The van der Waals surface area contributed by atoms with E-state index < -0.39 is 0 Å². The highest BCUT2D eigenvalue weighted by molar-refractivity contribution is 5.82. The Morgan fingerprint density at radius 2 is 2.29 bits per heavy atom. The second kappa shape index (κ2) is 6.33. The Morgan fingerprint density at radius 1 is 1.59 bits per heavy atom. The molecule has 0 saturated carbocycles. The van der Waals surface area contributed by atoms with Crippen molar-refractivity contribution in [2.45, 2.75) is 32.9 Å². The minimum atomic E-state index is -0.235. The molecule has 0 bridgehead atoms. The molecule has 0 aromatic carbocycles. The third kappa shape index (κ3) is 4.61. The average molecular weight is 244 g/mol. The Bertz CT molecular complexity index is 245. The van der Waals surface area contributed by atoms with E-state index in [9.17, 15) is 4.79 Å². The van der Waals surface area contributed by atoms with Crippen LogP contribution in [0.5, 0.6) is 0 Å². The van der Waals surface area contributed by atoms with Gasteiger partial charge in [0.2, 0.25) is 5.91 Å². The lowest BCUT2D eigenvalue weighted by atomic mass is 9.89. The standard InChI is InChI=1S/C12H24N2O3/c1-12(2,3)10(16-4)7-14-11(15)9-8-17-6-5-13-9/h9-10,13H,5-8H2,1-4H3,(H,14,15). The molecule has 0 spiro atoms. The molecule has 0 radical (unpaired) electrons. The summed E-state index contributed by atoms with van der Waals surface area (Å²) >= 11 is 0. The molecule has 1 heterocycles. The van der Waals surface area contributed by atoms with Crippen LogP contribution >= 0.6 is 0 Å². The van der Waals surface area contributed by atoms with Crippen molar-refractivity contribution in [1.29, 1.82) is 0 Å². The average Bonchev–Trinajstić information content (AvgIpc) is 2.29. The molecule has 1 fully saturated rings. The molecule has 17 heavy (non-hydrogen) atoms. The van der Waals surface area contributed by atoms with Gasteiger partial charge in [-0.25, -0.2) is 0 Å². The van der Waals surface area contributed by atoms with Crippen molar-refractivity contribution in [3.05, 3.63) is 0 Å². The van der Waals surface area contributed by atoms with Gasteiger partial charge in [-0.2, -0.15) is 0 Å². The Kier molecular flexibility index (Phi) is 5.36. The zero-order valence-corrected chi connectivity index (χ0v) is 11.2. The van der Waals surface area contributed by atoms with Crippen molar-refractivity contribution in [3.63, 3.8) is 0 Å². The summed E-state index contributed by atoms with van der Waals surface area (Å²) in [5.41, 5.74) is 0.0124. The largest absolute Gasteiger partial charge is 0.379 e. The Balaban J connectivity index is 2.35. The first-order chi connectivity index (χ1) is 7.95. The number of ether oxygens (including phenoxy) is 2. The lowest BCUT2D eigenvalue weighted by molar-refractivity contribution is -0.126. The van der Waals surface area contributed by atoms with Gasteiger partial charge in [0.15, 0.2) is 0 Å². The van der Waals surface area contributed by atoms with Crippen LogP contribution in [0.4, 0.5) is 0 Å². The van der Waals surface area contributed by atoms with Crippen LogP contribution in [0.3, 0.4) is 0 Å². The third-order valence-corrected chi connectivity index (χ3v) is 2.95. The molecule has 0 aromatic heterocycles. The van der Waals surface area contributed by atoms with E-state index in [1.165, 1.54) is 0 Å². The SMILES string of the molecule is COC(CNC(=O)C1COCCN1)C(C)(C)C. The number of carbonyl (C=O) groups excluding carboxylic acids is 1. The van der Waals surface area contributed by atoms with Gasteiger partial charge in [-0.15, -0.1) is 0 Å². The Morgan fingerprint density at radius 3 is 2.76 bits per heavy atom. The fourth-order valence-electron chi connectivity index (χ4n) is 1.79. The van der Waals surface area contributed by atoms with Crippen LogP contribution in [0.1, 0.15) is 20.8 Å². The van der Waals surface area contributed by atoms with Gasteiger partial charge in [0.25, 0.3) is 0 Å². The monoisotopic (exact) mass is 244 g/mol. The fourth-order valence-corrected chi connectivity index (χ4v) is 1.79. The van der Waals surface area contributed by atoms with Gasteiger partial charge in [0.1, 0.15) is 6.04 Å². The zero-order valence-electron chi connectivity index (χ0n) is 11.2. The van der Waals surface area contributed by atoms with Gasteiger partial charge in [-0.05, 0) is 5.41 Å². The van der Waals surface area contributed by atoms with Crippen LogP contribution in [0.15, 0.2) is 0 Å². The normalized spacial score (nSPS) is 23.2. The number of hydrogen-bond acceptors (Lipinski definition) is 4. The van der Waals surface area contributed by atoms with Crippen molar-refractivity contribution < 1.29 is 14.3 Å². The van der Waals surface area contributed by atoms with Gasteiger partial charge >= 0.3 is 0 Å². The smallest absolute Gasteiger partial charge is 0.239 e.